The maximum Gasteiger partial charge on any atom is 0.245 e. The molecule has 0 heterocycles. The number of carbonyl (C=O) groups is 1. The lowest BCUT2D eigenvalue weighted by atomic mass is 10.3. The summed E-state index contributed by atoms with van der Waals surface area (Å²) in [5.41, 5.74) is 5.86. The Labute approximate surface area is 121 Å². The average Bonchev–Trinajstić information content (AvgIpc) is 2.37. The van der Waals surface area contributed by atoms with Gasteiger partial charge in [-0.15, -0.1) is 0 Å². The van der Waals surface area contributed by atoms with Crippen molar-refractivity contribution in [3.63, 3.8) is 0 Å². The number of halogens is 1. The van der Waals surface area contributed by atoms with Gasteiger partial charge < -0.3 is 11.1 Å². The normalized spacial score (nSPS) is 11.6. The van der Waals surface area contributed by atoms with Crippen molar-refractivity contribution in [2.45, 2.75) is 11.8 Å². The molecule has 8 heteroatoms. The number of benzene rings is 1. The Morgan fingerprint density at radius 2 is 2.11 bits per heavy atom. The van der Waals surface area contributed by atoms with Gasteiger partial charge in [0.15, 0.2) is 0 Å². The summed E-state index contributed by atoms with van der Waals surface area (Å²) in [6.07, 6.45) is 0. The number of hydrogen-bond acceptors (Lipinski definition) is 4. The number of nitrogens with zero attached hydrogens (tertiary/aromatic N) is 1. The molecule has 0 spiro atoms. The molecule has 1 aromatic rings. The fourth-order valence-corrected chi connectivity index (χ4v) is 3.54. The molecule has 19 heavy (non-hydrogen) atoms. The Hall–Kier alpha value is -1.12. The van der Waals surface area contributed by atoms with E-state index < -0.39 is 10.0 Å². The summed E-state index contributed by atoms with van der Waals surface area (Å²) in [6.45, 7) is 1.61. The third-order valence-electron chi connectivity index (χ3n) is 2.54. The van der Waals surface area contributed by atoms with Crippen LogP contribution in [0.3, 0.4) is 0 Å². The van der Waals surface area contributed by atoms with Crippen LogP contribution in [0.15, 0.2) is 27.6 Å². The number of nitrogen functional groups attached to an aromatic ring is 1. The minimum absolute atomic E-state index is 0.00683. The Morgan fingerprint density at radius 1 is 1.47 bits per heavy atom. The van der Waals surface area contributed by atoms with E-state index in [4.69, 9.17) is 5.73 Å². The van der Waals surface area contributed by atoms with E-state index in [1.807, 2.05) is 0 Å². The van der Waals surface area contributed by atoms with Crippen molar-refractivity contribution in [3.05, 3.63) is 22.7 Å². The highest BCUT2D eigenvalue weighted by Gasteiger charge is 2.27. The third-order valence-corrected chi connectivity index (χ3v) is 5.01. The fourth-order valence-electron chi connectivity index (χ4n) is 1.48. The number of sulfonamides is 1. The van der Waals surface area contributed by atoms with Crippen LogP contribution >= 0.6 is 15.9 Å². The van der Waals surface area contributed by atoms with Crippen LogP contribution in [0.4, 0.5) is 5.69 Å². The summed E-state index contributed by atoms with van der Waals surface area (Å²) >= 11 is 3.21. The average molecular weight is 350 g/mol. The molecule has 106 valence electrons. The van der Waals surface area contributed by atoms with Gasteiger partial charge in [-0.3, -0.25) is 4.79 Å². The van der Waals surface area contributed by atoms with Crippen LogP contribution < -0.4 is 11.1 Å². The zero-order valence-electron chi connectivity index (χ0n) is 10.7. The Morgan fingerprint density at radius 3 is 2.63 bits per heavy atom. The molecule has 0 bridgehead atoms. The maximum atomic E-state index is 12.4. The molecule has 0 atom stereocenters. The minimum Gasteiger partial charge on any atom is -0.398 e. The molecule has 0 aromatic heterocycles. The predicted molar refractivity (Wildman–Crippen MR) is 77.1 cm³/mol. The van der Waals surface area contributed by atoms with Gasteiger partial charge in [0.2, 0.25) is 15.9 Å². The molecule has 0 saturated carbocycles. The number of hydrogen-bond donors (Lipinski definition) is 2. The summed E-state index contributed by atoms with van der Waals surface area (Å²) < 4.78 is 26.5. The number of nitrogens with one attached hydrogen (secondary N) is 1. The highest BCUT2D eigenvalue weighted by Crippen LogP contribution is 2.25. The van der Waals surface area contributed by atoms with E-state index in [1.165, 1.54) is 19.2 Å². The number of nitrogens with two attached hydrogens (primary N) is 1. The topological polar surface area (TPSA) is 92.5 Å². The second-order valence-electron chi connectivity index (χ2n) is 3.79. The van der Waals surface area contributed by atoms with Crippen molar-refractivity contribution in [2.24, 2.45) is 0 Å². The molecule has 3 N–H and O–H groups in total. The van der Waals surface area contributed by atoms with Crippen molar-refractivity contribution >= 4 is 37.5 Å². The summed E-state index contributed by atoms with van der Waals surface area (Å²) in [6, 6.07) is 4.59. The van der Waals surface area contributed by atoms with E-state index in [9.17, 15) is 13.2 Å². The molecule has 0 fully saturated rings. The zero-order chi connectivity index (χ0) is 14.6. The van der Waals surface area contributed by atoms with Crippen molar-refractivity contribution < 1.29 is 13.2 Å². The molecular weight excluding hydrogens is 334 g/mol. The first-order valence-electron chi connectivity index (χ1n) is 5.58. The van der Waals surface area contributed by atoms with Gasteiger partial charge in [-0.05, 0) is 18.2 Å². The summed E-state index contributed by atoms with van der Waals surface area (Å²) in [5, 5.41) is 2.39. The number of anilines is 1. The van der Waals surface area contributed by atoms with Crippen LogP contribution in [0.25, 0.3) is 0 Å². The van der Waals surface area contributed by atoms with Gasteiger partial charge in [-0.1, -0.05) is 22.9 Å². The first-order valence-corrected chi connectivity index (χ1v) is 7.82. The molecule has 1 amide bonds. The number of likely N-dealkylation sites (N-methyl/N-ethyl adjacent to an activating group) is 2. The van der Waals surface area contributed by atoms with Gasteiger partial charge >= 0.3 is 0 Å². The summed E-state index contributed by atoms with van der Waals surface area (Å²) in [4.78, 5) is 11.3. The molecule has 6 nitrogen and oxygen atoms in total. The van der Waals surface area contributed by atoms with Gasteiger partial charge in [0.05, 0.1) is 12.2 Å². The van der Waals surface area contributed by atoms with E-state index in [0.29, 0.717) is 4.47 Å². The molecule has 1 aromatic carbocycles. The molecule has 0 unspecified atom stereocenters. The molecule has 0 saturated heterocycles. The van der Waals surface area contributed by atoms with Crippen molar-refractivity contribution in [2.75, 3.05) is 25.9 Å². The van der Waals surface area contributed by atoms with E-state index >= 15 is 0 Å². The number of carbonyl (C=O) groups excluding carboxylic acids is 1. The fraction of sp³-hybridized carbons (Fsp3) is 0.364. The Bertz CT molecular complexity index is 575. The monoisotopic (exact) mass is 349 g/mol. The van der Waals surface area contributed by atoms with Crippen LogP contribution in [0.5, 0.6) is 0 Å². The Balaban J connectivity index is 3.20. The van der Waals surface area contributed by atoms with Gasteiger partial charge in [0, 0.05) is 18.1 Å². The highest BCUT2D eigenvalue weighted by molar-refractivity contribution is 9.10. The third kappa shape index (κ3) is 3.68. The van der Waals surface area contributed by atoms with Crippen molar-refractivity contribution in [1.29, 1.82) is 0 Å². The minimum atomic E-state index is -3.79. The second kappa shape index (κ2) is 6.36. The van der Waals surface area contributed by atoms with E-state index in [0.717, 1.165) is 4.31 Å². The van der Waals surface area contributed by atoms with Gasteiger partial charge in [0.1, 0.15) is 4.90 Å². The van der Waals surface area contributed by atoms with Crippen LogP contribution in [-0.2, 0) is 14.8 Å². The van der Waals surface area contributed by atoms with Crippen molar-refractivity contribution in [1.82, 2.24) is 9.62 Å². The van der Waals surface area contributed by atoms with E-state index in [1.54, 1.807) is 13.0 Å². The summed E-state index contributed by atoms with van der Waals surface area (Å²) in [5.74, 6) is -0.376. The van der Waals surface area contributed by atoms with Crippen molar-refractivity contribution in [3.8, 4) is 0 Å². The predicted octanol–water partition coefficient (Wildman–Crippen LogP) is 0.788. The first kappa shape index (κ1) is 15.9. The maximum absolute atomic E-state index is 12.4. The van der Waals surface area contributed by atoms with Gasteiger partial charge in [-0.2, -0.15) is 4.31 Å². The van der Waals surface area contributed by atoms with Gasteiger partial charge in [-0.25, -0.2) is 8.42 Å². The lowest BCUT2D eigenvalue weighted by molar-refractivity contribution is -0.120. The zero-order valence-corrected chi connectivity index (χ0v) is 13.1. The number of amides is 1. The molecule has 0 aliphatic rings. The van der Waals surface area contributed by atoms with Crippen LogP contribution in [-0.4, -0.2) is 38.8 Å². The standard InChI is InChI=1S/C11H16BrN3O3S/c1-3-15(7-11(16)14-2)19(17,18)10-6-8(12)4-5-9(10)13/h4-6H,3,7,13H2,1-2H3,(H,14,16). The molecule has 0 aliphatic carbocycles. The highest BCUT2D eigenvalue weighted by atomic mass is 79.9. The summed E-state index contributed by atoms with van der Waals surface area (Å²) in [7, 11) is -2.34. The molecule has 0 aliphatic heterocycles. The lowest BCUT2D eigenvalue weighted by Gasteiger charge is -2.20. The number of rotatable bonds is 5. The molecular formula is C11H16BrN3O3S. The second-order valence-corrected chi connectivity index (χ2v) is 6.61. The van der Waals surface area contributed by atoms with Crippen LogP contribution in [0, 0.1) is 0 Å². The van der Waals surface area contributed by atoms with E-state index in [2.05, 4.69) is 21.2 Å². The van der Waals surface area contributed by atoms with Gasteiger partial charge in [0.25, 0.3) is 0 Å². The SMILES string of the molecule is CCN(CC(=O)NC)S(=O)(=O)c1cc(Br)ccc1N. The van der Waals surface area contributed by atoms with Crippen LogP contribution in [0.1, 0.15) is 6.92 Å². The molecule has 0 radical (unpaired) electrons. The lowest BCUT2D eigenvalue weighted by Crippen LogP contribution is -2.39. The smallest absolute Gasteiger partial charge is 0.245 e. The van der Waals surface area contributed by atoms with E-state index in [-0.39, 0.29) is 29.6 Å². The largest absolute Gasteiger partial charge is 0.398 e. The molecule has 1 rings (SSSR count). The Kier molecular flexibility index (Phi) is 5.33. The first-order chi connectivity index (χ1) is 8.82. The van der Waals surface area contributed by atoms with Crippen LogP contribution in [0.2, 0.25) is 0 Å². The quantitative estimate of drug-likeness (QED) is 0.768.